The second kappa shape index (κ2) is 9.75. The molecular formula is C35H32O3. The van der Waals surface area contributed by atoms with Crippen molar-refractivity contribution in [2.75, 3.05) is 0 Å². The van der Waals surface area contributed by atoms with E-state index in [1.165, 1.54) is 5.56 Å². The number of benzene rings is 5. The summed E-state index contributed by atoms with van der Waals surface area (Å²) in [6.45, 7) is 6.55. The summed E-state index contributed by atoms with van der Waals surface area (Å²) in [6, 6.07) is 39.3. The van der Waals surface area contributed by atoms with Crippen LogP contribution in [-0.4, -0.2) is 15.3 Å². The van der Waals surface area contributed by atoms with Gasteiger partial charge in [-0.2, -0.15) is 0 Å². The van der Waals surface area contributed by atoms with E-state index in [4.69, 9.17) is 0 Å². The lowest BCUT2D eigenvalue weighted by molar-refractivity contribution is 0.473. The first-order valence-corrected chi connectivity index (χ1v) is 12.8. The number of hydrogen-bond acceptors (Lipinski definition) is 3. The van der Waals surface area contributed by atoms with Crippen LogP contribution in [0.5, 0.6) is 17.2 Å². The molecule has 3 N–H and O–H groups in total. The lowest BCUT2D eigenvalue weighted by Gasteiger charge is -2.32. The van der Waals surface area contributed by atoms with E-state index < -0.39 is 5.41 Å². The summed E-state index contributed by atoms with van der Waals surface area (Å²) in [7, 11) is 0. The van der Waals surface area contributed by atoms with Gasteiger partial charge in [0.2, 0.25) is 0 Å². The Bertz CT molecular complexity index is 1470. The molecule has 0 unspecified atom stereocenters. The van der Waals surface area contributed by atoms with Crippen molar-refractivity contribution in [3.05, 3.63) is 149 Å². The fraction of sp³-hybridized carbons (Fsp3) is 0.143. The van der Waals surface area contributed by atoms with Crippen molar-refractivity contribution < 1.29 is 15.3 Å². The molecule has 190 valence electrons. The average molecular weight is 501 g/mol. The lowest BCUT2D eigenvalue weighted by atomic mass is 9.71. The summed E-state index contributed by atoms with van der Waals surface area (Å²) in [4.78, 5) is 0. The fourth-order valence-electron chi connectivity index (χ4n) is 5.21. The van der Waals surface area contributed by atoms with Gasteiger partial charge < -0.3 is 15.3 Å². The van der Waals surface area contributed by atoms with Crippen molar-refractivity contribution >= 4 is 0 Å². The molecule has 0 saturated carbocycles. The molecule has 0 amide bonds. The topological polar surface area (TPSA) is 60.7 Å². The van der Waals surface area contributed by atoms with Crippen LogP contribution in [0.15, 0.2) is 121 Å². The standard InChI is InChI=1S/C35H32O3/c1-34(2,27-12-18-31(36)19-13-27)26-8-4-24(5-9-26)25-6-10-28(11-7-25)35(3,29-14-20-32(37)21-15-29)30-16-22-33(38)23-17-30/h4-23,36-38H,1-3H3. The zero-order valence-electron chi connectivity index (χ0n) is 21.9. The van der Waals surface area contributed by atoms with Crippen LogP contribution in [0.2, 0.25) is 0 Å². The maximum atomic E-state index is 9.86. The van der Waals surface area contributed by atoms with Gasteiger partial charge in [-0.3, -0.25) is 0 Å². The molecule has 0 bridgehead atoms. The highest BCUT2D eigenvalue weighted by molar-refractivity contribution is 5.66. The molecule has 0 fully saturated rings. The van der Waals surface area contributed by atoms with Gasteiger partial charge >= 0.3 is 0 Å². The predicted octanol–water partition coefficient (Wildman–Crippen LogP) is 8.15. The Kier molecular flexibility index (Phi) is 6.46. The smallest absolute Gasteiger partial charge is 0.115 e. The maximum Gasteiger partial charge on any atom is 0.115 e. The minimum atomic E-state index is -0.474. The Morgan fingerprint density at radius 1 is 0.342 bits per heavy atom. The zero-order valence-corrected chi connectivity index (χ0v) is 21.9. The molecule has 0 aliphatic heterocycles. The molecule has 0 spiro atoms. The van der Waals surface area contributed by atoms with E-state index in [0.717, 1.165) is 33.4 Å². The van der Waals surface area contributed by atoms with E-state index in [9.17, 15) is 15.3 Å². The molecular weight excluding hydrogens is 468 g/mol. The van der Waals surface area contributed by atoms with Crippen LogP contribution < -0.4 is 0 Å². The Labute approximate surface area is 224 Å². The zero-order chi connectivity index (χ0) is 26.9. The molecule has 3 nitrogen and oxygen atoms in total. The van der Waals surface area contributed by atoms with Crippen molar-refractivity contribution in [1.29, 1.82) is 0 Å². The first kappa shape index (κ1) is 25.2. The Morgan fingerprint density at radius 3 is 0.895 bits per heavy atom. The minimum Gasteiger partial charge on any atom is -0.508 e. The molecule has 0 aliphatic carbocycles. The number of phenolic OH excluding ortho intramolecular Hbond substituents is 3. The highest BCUT2D eigenvalue weighted by Crippen LogP contribution is 2.41. The summed E-state index contributed by atoms with van der Waals surface area (Å²) in [5, 5.41) is 29.4. The molecule has 5 rings (SSSR count). The van der Waals surface area contributed by atoms with Gasteiger partial charge in [-0.1, -0.05) is 98.8 Å². The predicted molar refractivity (Wildman–Crippen MR) is 154 cm³/mol. The molecule has 3 heteroatoms. The third-order valence-corrected chi connectivity index (χ3v) is 7.88. The van der Waals surface area contributed by atoms with E-state index in [-0.39, 0.29) is 22.7 Å². The third-order valence-electron chi connectivity index (χ3n) is 7.88. The Hall–Kier alpha value is -4.50. The highest BCUT2D eigenvalue weighted by atomic mass is 16.3. The number of phenols is 3. The second-order valence-corrected chi connectivity index (χ2v) is 10.5. The van der Waals surface area contributed by atoms with Crippen LogP contribution in [0, 0.1) is 0 Å². The first-order valence-electron chi connectivity index (χ1n) is 12.8. The molecule has 0 heterocycles. The molecule has 0 atom stereocenters. The Balaban J connectivity index is 1.47. The highest BCUT2D eigenvalue weighted by Gasteiger charge is 2.31. The second-order valence-electron chi connectivity index (χ2n) is 10.5. The monoisotopic (exact) mass is 500 g/mol. The third kappa shape index (κ3) is 4.64. The molecule has 5 aromatic carbocycles. The van der Waals surface area contributed by atoms with Crippen molar-refractivity contribution in [1.82, 2.24) is 0 Å². The lowest BCUT2D eigenvalue weighted by Crippen LogP contribution is -2.25. The number of hydrogen-bond donors (Lipinski definition) is 3. The van der Waals surface area contributed by atoms with Gasteiger partial charge in [-0.15, -0.1) is 0 Å². The molecule has 0 aromatic heterocycles. The van der Waals surface area contributed by atoms with E-state index in [0.29, 0.717) is 0 Å². The average Bonchev–Trinajstić information content (AvgIpc) is 2.94. The van der Waals surface area contributed by atoms with Gasteiger partial charge in [0, 0.05) is 10.8 Å². The van der Waals surface area contributed by atoms with E-state index in [1.807, 2.05) is 36.4 Å². The SMILES string of the molecule is CC(C)(c1ccc(O)cc1)c1ccc(-c2ccc(C(C)(c3ccc(O)cc3)c3ccc(O)cc3)cc2)cc1. The van der Waals surface area contributed by atoms with Gasteiger partial charge in [-0.25, -0.2) is 0 Å². The Morgan fingerprint density at radius 2 is 0.579 bits per heavy atom. The molecule has 0 aliphatic rings. The maximum absolute atomic E-state index is 9.86. The number of aromatic hydroxyl groups is 3. The first-order chi connectivity index (χ1) is 18.2. The summed E-state index contributed by atoms with van der Waals surface area (Å²) in [6.07, 6.45) is 0. The molecule has 0 saturated heterocycles. The summed E-state index contributed by atoms with van der Waals surface area (Å²) in [5.74, 6) is 0.735. The van der Waals surface area contributed by atoms with Crippen LogP contribution in [-0.2, 0) is 10.8 Å². The van der Waals surface area contributed by atoms with Crippen molar-refractivity contribution in [2.45, 2.75) is 31.6 Å². The van der Waals surface area contributed by atoms with Crippen LogP contribution in [0.25, 0.3) is 11.1 Å². The van der Waals surface area contributed by atoms with E-state index in [2.05, 4.69) is 69.3 Å². The van der Waals surface area contributed by atoms with Crippen LogP contribution in [0.1, 0.15) is 48.6 Å². The minimum absolute atomic E-state index is 0.188. The molecule has 38 heavy (non-hydrogen) atoms. The van der Waals surface area contributed by atoms with Gasteiger partial charge in [0.1, 0.15) is 17.2 Å². The van der Waals surface area contributed by atoms with Crippen LogP contribution >= 0.6 is 0 Å². The van der Waals surface area contributed by atoms with Crippen molar-refractivity contribution in [3.8, 4) is 28.4 Å². The quantitative estimate of drug-likeness (QED) is 0.206. The summed E-state index contributed by atoms with van der Waals surface area (Å²) >= 11 is 0. The normalized spacial score (nSPS) is 11.9. The van der Waals surface area contributed by atoms with Gasteiger partial charge in [0.15, 0.2) is 0 Å². The summed E-state index contributed by atoms with van der Waals surface area (Å²) < 4.78 is 0. The van der Waals surface area contributed by atoms with Crippen molar-refractivity contribution in [3.63, 3.8) is 0 Å². The van der Waals surface area contributed by atoms with Gasteiger partial charge in [0.25, 0.3) is 0 Å². The fourth-order valence-corrected chi connectivity index (χ4v) is 5.21. The van der Waals surface area contributed by atoms with Crippen molar-refractivity contribution in [2.24, 2.45) is 0 Å². The van der Waals surface area contributed by atoms with E-state index >= 15 is 0 Å². The van der Waals surface area contributed by atoms with E-state index in [1.54, 1.807) is 36.4 Å². The molecule has 5 aromatic rings. The van der Waals surface area contributed by atoms with Gasteiger partial charge in [-0.05, 0) is 82.3 Å². The molecule has 0 radical (unpaired) electrons. The van der Waals surface area contributed by atoms with Gasteiger partial charge in [0.05, 0.1) is 0 Å². The van der Waals surface area contributed by atoms with Crippen LogP contribution in [0.4, 0.5) is 0 Å². The summed E-state index contributed by atoms with van der Waals surface area (Å²) in [5.41, 5.74) is 7.17. The largest absolute Gasteiger partial charge is 0.508 e. The number of rotatable bonds is 6. The van der Waals surface area contributed by atoms with Crippen LogP contribution in [0.3, 0.4) is 0 Å².